The van der Waals surface area contributed by atoms with Gasteiger partial charge < -0.3 is 10.2 Å². The molecule has 2 nitrogen and oxygen atoms in total. The molecular formula is C19H32N2. The van der Waals surface area contributed by atoms with Gasteiger partial charge in [0, 0.05) is 30.4 Å². The molecule has 1 aliphatic rings. The zero-order valence-corrected chi connectivity index (χ0v) is 14.7. The molecule has 1 aliphatic heterocycles. The highest BCUT2D eigenvalue weighted by Crippen LogP contribution is 2.31. The summed E-state index contributed by atoms with van der Waals surface area (Å²) < 4.78 is 0. The smallest absolute Gasteiger partial charge is 0.0414 e. The average Bonchev–Trinajstić information content (AvgIpc) is 2.36. The molecule has 0 spiro atoms. The normalized spacial score (nSPS) is 23.4. The van der Waals surface area contributed by atoms with E-state index in [-0.39, 0.29) is 5.54 Å². The molecule has 1 fully saturated rings. The predicted molar refractivity (Wildman–Crippen MR) is 93.0 cm³/mol. The van der Waals surface area contributed by atoms with Gasteiger partial charge in [-0.05, 0) is 65.0 Å². The van der Waals surface area contributed by atoms with Gasteiger partial charge in [-0.2, -0.15) is 0 Å². The Morgan fingerprint density at radius 3 is 2.57 bits per heavy atom. The number of hydrogen-bond donors (Lipinski definition) is 1. The second-order valence-corrected chi connectivity index (χ2v) is 7.91. The first-order valence-electron chi connectivity index (χ1n) is 8.37. The van der Waals surface area contributed by atoms with Crippen molar-refractivity contribution in [3.8, 4) is 0 Å². The van der Waals surface area contributed by atoms with E-state index < -0.39 is 0 Å². The average molecular weight is 288 g/mol. The minimum atomic E-state index is 0.156. The van der Waals surface area contributed by atoms with Crippen molar-refractivity contribution in [1.29, 1.82) is 0 Å². The lowest BCUT2D eigenvalue weighted by Crippen LogP contribution is -2.41. The Balaban J connectivity index is 2.22. The van der Waals surface area contributed by atoms with Gasteiger partial charge in [-0.1, -0.05) is 24.6 Å². The molecule has 1 N–H and O–H groups in total. The maximum absolute atomic E-state index is 3.64. The minimum absolute atomic E-state index is 0.156. The van der Waals surface area contributed by atoms with E-state index in [2.05, 4.69) is 70.0 Å². The van der Waals surface area contributed by atoms with Crippen molar-refractivity contribution >= 4 is 5.69 Å². The largest absolute Gasteiger partial charge is 0.369 e. The van der Waals surface area contributed by atoms with Crippen LogP contribution in [0, 0.1) is 12.8 Å². The van der Waals surface area contributed by atoms with Crippen molar-refractivity contribution in [2.45, 2.75) is 72.5 Å². The van der Waals surface area contributed by atoms with Crippen LogP contribution in [-0.4, -0.2) is 18.1 Å². The van der Waals surface area contributed by atoms with Crippen LogP contribution >= 0.6 is 0 Å². The Hall–Kier alpha value is -1.02. The fraction of sp³-hybridized carbons (Fsp3) is 0.684. The summed E-state index contributed by atoms with van der Waals surface area (Å²) in [5.41, 5.74) is 4.37. The third-order valence-electron chi connectivity index (χ3n) is 4.49. The topological polar surface area (TPSA) is 15.3 Å². The SMILES string of the molecule is Cc1ccc(N2CCC(C)CC2C)c(CNC(C)(C)C)c1. The first-order chi connectivity index (χ1) is 9.76. The van der Waals surface area contributed by atoms with Gasteiger partial charge in [-0.3, -0.25) is 0 Å². The Bertz CT molecular complexity index is 473. The Labute approximate surface area is 130 Å². The molecule has 0 radical (unpaired) electrons. The van der Waals surface area contributed by atoms with Gasteiger partial charge in [0.25, 0.3) is 0 Å². The molecule has 1 saturated heterocycles. The van der Waals surface area contributed by atoms with E-state index >= 15 is 0 Å². The summed E-state index contributed by atoms with van der Waals surface area (Å²) in [6.07, 6.45) is 2.62. The highest BCUT2D eigenvalue weighted by atomic mass is 15.2. The number of rotatable bonds is 3. The van der Waals surface area contributed by atoms with Crippen molar-refractivity contribution in [1.82, 2.24) is 5.32 Å². The van der Waals surface area contributed by atoms with Crippen LogP contribution in [0.25, 0.3) is 0 Å². The summed E-state index contributed by atoms with van der Waals surface area (Å²) in [6, 6.07) is 7.56. The molecule has 0 aliphatic carbocycles. The van der Waals surface area contributed by atoms with E-state index in [9.17, 15) is 0 Å². The van der Waals surface area contributed by atoms with E-state index in [1.165, 1.54) is 36.2 Å². The Kier molecular flexibility index (Phi) is 4.98. The van der Waals surface area contributed by atoms with E-state index in [0.717, 1.165) is 12.5 Å². The second kappa shape index (κ2) is 6.39. The number of anilines is 1. The molecule has 118 valence electrons. The molecule has 2 atom stereocenters. The fourth-order valence-corrected chi connectivity index (χ4v) is 3.26. The molecular weight excluding hydrogens is 256 g/mol. The number of benzene rings is 1. The molecule has 2 rings (SSSR count). The quantitative estimate of drug-likeness (QED) is 0.880. The predicted octanol–water partition coefficient (Wildman–Crippen LogP) is 4.51. The molecule has 0 saturated carbocycles. The van der Waals surface area contributed by atoms with E-state index in [1.54, 1.807) is 0 Å². The van der Waals surface area contributed by atoms with Gasteiger partial charge in [-0.25, -0.2) is 0 Å². The number of piperidine rings is 1. The lowest BCUT2D eigenvalue weighted by Gasteiger charge is -2.39. The molecule has 0 amide bonds. The summed E-state index contributed by atoms with van der Waals surface area (Å²) in [5, 5.41) is 3.64. The van der Waals surface area contributed by atoms with Gasteiger partial charge >= 0.3 is 0 Å². The molecule has 2 unspecified atom stereocenters. The van der Waals surface area contributed by atoms with Crippen LogP contribution in [0.1, 0.15) is 58.6 Å². The van der Waals surface area contributed by atoms with E-state index in [4.69, 9.17) is 0 Å². The lowest BCUT2D eigenvalue weighted by atomic mass is 9.92. The van der Waals surface area contributed by atoms with Crippen molar-refractivity contribution < 1.29 is 0 Å². The number of nitrogens with zero attached hydrogens (tertiary/aromatic N) is 1. The zero-order valence-electron chi connectivity index (χ0n) is 14.7. The second-order valence-electron chi connectivity index (χ2n) is 7.91. The lowest BCUT2D eigenvalue weighted by molar-refractivity contribution is 0.376. The third-order valence-corrected chi connectivity index (χ3v) is 4.49. The molecule has 1 heterocycles. The van der Waals surface area contributed by atoms with E-state index in [0.29, 0.717) is 6.04 Å². The van der Waals surface area contributed by atoms with Crippen LogP contribution in [0.4, 0.5) is 5.69 Å². The van der Waals surface area contributed by atoms with Gasteiger partial charge in [0.15, 0.2) is 0 Å². The summed E-state index contributed by atoms with van der Waals surface area (Å²) >= 11 is 0. The monoisotopic (exact) mass is 288 g/mol. The molecule has 1 aromatic carbocycles. The van der Waals surface area contributed by atoms with Gasteiger partial charge in [-0.15, -0.1) is 0 Å². The maximum atomic E-state index is 3.64. The summed E-state index contributed by atoms with van der Waals surface area (Å²) in [6.45, 7) is 15.8. The summed E-state index contributed by atoms with van der Waals surface area (Å²) in [5.74, 6) is 0.859. The van der Waals surface area contributed by atoms with Crippen LogP contribution < -0.4 is 10.2 Å². The minimum Gasteiger partial charge on any atom is -0.369 e. The van der Waals surface area contributed by atoms with Gasteiger partial charge in [0.05, 0.1) is 0 Å². The van der Waals surface area contributed by atoms with Crippen LogP contribution in [-0.2, 0) is 6.54 Å². The molecule has 0 bridgehead atoms. The molecule has 1 aromatic rings. The molecule has 0 aromatic heterocycles. The number of hydrogen-bond acceptors (Lipinski definition) is 2. The highest BCUT2D eigenvalue weighted by Gasteiger charge is 2.24. The summed E-state index contributed by atoms with van der Waals surface area (Å²) in [7, 11) is 0. The van der Waals surface area contributed by atoms with Crippen molar-refractivity contribution in [3.05, 3.63) is 29.3 Å². The fourth-order valence-electron chi connectivity index (χ4n) is 3.26. The third kappa shape index (κ3) is 4.47. The van der Waals surface area contributed by atoms with Crippen molar-refractivity contribution in [2.24, 2.45) is 5.92 Å². The molecule has 2 heteroatoms. The zero-order chi connectivity index (χ0) is 15.6. The first-order valence-corrected chi connectivity index (χ1v) is 8.37. The van der Waals surface area contributed by atoms with Crippen molar-refractivity contribution in [2.75, 3.05) is 11.4 Å². The van der Waals surface area contributed by atoms with Crippen LogP contribution in [0.5, 0.6) is 0 Å². The van der Waals surface area contributed by atoms with Crippen LogP contribution in [0.3, 0.4) is 0 Å². The summed E-state index contributed by atoms with van der Waals surface area (Å²) in [4.78, 5) is 2.61. The van der Waals surface area contributed by atoms with Crippen molar-refractivity contribution in [3.63, 3.8) is 0 Å². The van der Waals surface area contributed by atoms with E-state index in [1.807, 2.05) is 0 Å². The number of aryl methyl sites for hydroxylation is 1. The Morgan fingerprint density at radius 2 is 1.95 bits per heavy atom. The number of nitrogens with one attached hydrogen (secondary N) is 1. The molecule has 21 heavy (non-hydrogen) atoms. The maximum Gasteiger partial charge on any atom is 0.0414 e. The first kappa shape index (κ1) is 16.4. The van der Waals surface area contributed by atoms with Gasteiger partial charge in [0.2, 0.25) is 0 Å². The Morgan fingerprint density at radius 1 is 1.24 bits per heavy atom. The standard InChI is InChI=1S/C19H32N2/c1-14-7-8-18(17(12-14)13-20-19(4,5)6)21-10-9-15(2)11-16(21)3/h7-8,12,15-16,20H,9-11,13H2,1-6H3. The highest BCUT2D eigenvalue weighted by molar-refractivity contribution is 5.56. The van der Waals surface area contributed by atoms with Crippen LogP contribution in [0.15, 0.2) is 18.2 Å². The van der Waals surface area contributed by atoms with Gasteiger partial charge in [0.1, 0.15) is 0 Å². The van der Waals surface area contributed by atoms with Crippen LogP contribution in [0.2, 0.25) is 0 Å².